The Hall–Kier alpha value is -3.27. The van der Waals surface area contributed by atoms with E-state index in [4.69, 9.17) is 20.9 Å². The average molecular weight is 520 g/mol. The molecule has 1 aromatic heterocycles. The summed E-state index contributed by atoms with van der Waals surface area (Å²) in [6.45, 7) is 9.93. The van der Waals surface area contributed by atoms with Crippen molar-refractivity contribution in [3.05, 3.63) is 76.1 Å². The summed E-state index contributed by atoms with van der Waals surface area (Å²) in [6, 6.07) is 14.8. The van der Waals surface area contributed by atoms with E-state index in [1.54, 1.807) is 0 Å². The third kappa shape index (κ3) is 8.11. The first kappa shape index (κ1) is 26.8. The van der Waals surface area contributed by atoms with Gasteiger partial charge in [0.15, 0.2) is 0 Å². The Morgan fingerprint density at radius 3 is 2.46 bits per heavy atom. The van der Waals surface area contributed by atoms with E-state index in [-0.39, 0.29) is 17.7 Å². The van der Waals surface area contributed by atoms with Crippen LogP contribution in [0, 0.1) is 11.8 Å². The van der Waals surface area contributed by atoms with Crippen molar-refractivity contribution in [1.29, 1.82) is 0 Å². The number of nitrogens with zero attached hydrogens (tertiary/aromatic N) is 2. The van der Waals surface area contributed by atoms with Crippen LogP contribution in [-0.2, 0) is 16.6 Å². The Bertz CT molecular complexity index is 1260. The molecule has 2 aromatic carbocycles. The lowest BCUT2D eigenvalue weighted by Gasteiger charge is -2.26. The molecule has 194 valence electrons. The number of carbonyl (C=O) groups is 1. The highest BCUT2D eigenvalue weighted by atomic mass is 35.5. The zero-order chi connectivity index (χ0) is 26.3. The first-order chi connectivity index (χ1) is 17.8. The molecule has 1 fully saturated rings. The lowest BCUT2D eigenvalue weighted by molar-refractivity contribution is -0.115. The predicted octanol–water partition coefficient (Wildman–Crippen LogP) is 6.07. The minimum Gasteiger partial charge on any atom is -0.491 e. The van der Waals surface area contributed by atoms with Crippen LogP contribution < -0.4 is 10.1 Å². The smallest absolute Gasteiger partial charge is 0.230 e. The molecule has 1 saturated heterocycles. The minimum absolute atomic E-state index is 0.147. The van der Waals surface area contributed by atoms with Crippen LogP contribution in [0.5, 0.6) is 5.75 Å². The van der Waals surface area contributed by atoms with Gasteiger partial charge >= 0.3 is 0 Å². The van der Waals surface area contributed by atoms with Crippen molar-refractivity contribution in [3.8, 4) is 17.6 Å². The van der Waals surface area contributed by atoms with Gasteiger partial charge in [0.05, 0.1) is 17.1 Å². The highest BCUT2D eigenvalue weighted by molar-refractivity contribution is 6.32. The fourth-order valence-corrected chi connectivity index (χ4v) is 4.23. The molecule has 6 nitrogen and oxygen atoms in total. The Morgan fingerprint density at radius 2 is 1.76 bits per heavy atom. The van der Waals surface area contributed by atoms with Gasteiger partial charge in [0, 0.05) is 34.8 Å². The van der Waals surface area contributed by atoms with Crippen LogP contribution in [0.15, 0.2) is 53.1 Å². The number of hydrogen-bond donors (Lipinski definition) is 1. The van der Waals surface area contributed by atoms with E-state index in [0.717, 1.165) is 36.5 Å². The fourth-order valence-electron chi connectivity index (χ4n) is 4.06. The molecule has 0 unspecified atom stereocenters. The Kier molecular flexibility index (Phi) is 8.91. The lowest BCUT2D eigenvalue weighted by Crippen LogP contribution is -2.33. The second-order valence-electron chi connectivity index (χ2n) is 10.4. The number of halogens is 1. The summed E-state index contributed by atoms with van der Waals surface area (Å²) in [5.74, 6) is 7.60. The molecule has 37 heavy (non-hydrogen) atoms. The number of rotatable bonds is 7. The molecule has 1 aliphatic rings. The summed E-state index contributed by atoms with van der Waals surface area (Å²) in [7, 11) is 0. The Labute approximate surface area is 224 Å². The molecule has 1 aliphatic heterocycles. The zero-order valence-electron chi connectivity index (χ0n) is 21.8. The zero-order valence-corrected chi connectivity index (χ0v) is 22.5. The van der Waals surface area contributed by atoms with E-state index in [2.05, 4.69) is 27.2 Å². The van der Waals surface area contributed by atoms with E-state index in [9.17, 15) is 4.79 Å². The molecule has 0 atom stereocenters. The Morgan fingerprint density at radius 1 is 1.05 bits per heavy atom. The number of hydrogen-bond acceptors (Lipinski definition) is 5. The van der Waals surface area contributed by atoms with Gasteiger partial charge in [-0.2, -0.15) is 0 Å². The van der Waals surface area contributed by atoms with Gasteiger partial charge in [-0.1, -0.05) is 55.8 Å². The van der Waals surface area contributed by atoms with Crippen LogP contribution in [0.25, 0.3) is 0 Å². The maximum Gasteiger partial charge on any atom is 0.230 e. The molecule has 4 rings (SSSR count). The van der Waals surface area contributed by atoms with Crippen LogP contribution >= 0.6 is 11.6 Å². The summed E-state index contributed by atoms with van der Waals surface area (Å²) < 4.78 is 11.3. The molecule has 0 saturated carbocycles. The maximum absolute atomic E-state index is 12.4. The van der Waals surface area contributed by atoms with Crippen LogP contribution in [0.1, 0.15) is 62.6 Å². The second kappa shape index (κ2) is 12.3. The summed E-state index contributed by atoms with van der Waals surface area (Å²) in [4.78, 5) is 14.8. The van der Waals surface area contributed by atoms with E-state index in [1.807, 2.05) is 69.3 Å². The normalized spacial score (nSPS) is 14.1. The van der Waals surface area contributed by atoms with Crippen LogP contribution in [-0.4, -0.2) is 42.2 Å². The largest absolute Gasteiger partial charge is 0.491 e. The highest BCUT2D eigenvalue weighted by Gasteiger charge is 2.20. The van der Waals surface area contributed by atoms with Gasteiger partial charge in [-0.15, -0.1) is 0 Å². The quantitative estimate of drug-likeness (QED) is 0.384. The third-order valence-corrected chi connectivity index (χ3v) is 6.52. The topological polar surface area (TPSA) is 67.6 Å². The number of amides is 1. The lowest BCUT2D eigenvalue weighted by atomic mass is 9.93. The van der Waals surface area contributed by atoms with Crippen molar-refractivity contribution >= 4 is 23.2 Å². The van der Waals surface area contributed by atoms with Gasteiger partial charge < -0.3 is 14.6 Å². The van der Waals surface area contributed by atoms with E-state index in [1.165, 1.54) is 19.3 Å². The van der Waals surface area contributed by atoms with E-state index >= 15 is 0 Å². The van der Waals surface area contributed by atoms with Gasteiger partial charge in [-0.25, -0.2) is 0 Å². The molecule has 1 N–H and O–H groups in total. The number of benzene rings is 2. The van der Waals surface area contributed by atoms with Crippen molar-refractivity contribution in [2.75, 3.05) is 31.6 Å². The number of ether oxygens (including phenoxy) is 1. The predicted molar refractivity (Wildman–Crippen MR) is 147 cm³/mol. The maximum atomic E-state index is 12.4. The summed E-state index contributed by atoms with van der Waals surface area (Å²) in [5.41, 5.74) is 2.84. The number of carbonyl (C=O) groups excluding carboxylic acids is 1. The van der Waals surface area contributed by atoms with Gasteiger partial charge in [-0.05, 0) is 68.4 Å². The van der Waals surface area contributed by atoms with Crippen molar-refractivity contribution in [3.63, 3.8) is 0 Å². The first-order valence-corrected chi connectivity index (χ1v) is 13.2. The average Bonchev–Trinajstić information content (AvgIpc) is 3.35. The highest BCUT2D eigenvalue weighted by Crippen LogP contribution is 2.26. The second-order valence-corrected chi connectivity index (χ2v) is 10.8. The number of aromatic nitrogens is 1. The van der Waals surface area contributed by atoms with Gasteiger partial charge in [0.1, 0.15) is 18.1 Å². The molecule has 0 bridgehead atoms. The fraction of sp³-hybridized carbons (Fsp3) is 0.400. The molecule has 0 radical (unpaired) electrons. The van der Waals surface area contributed by atoms with Crippen LogP contribution in [0.3, 0.4) is 0 Å². The number of piperidine rings is 1. The number of likely N-dealkylation sites (tertiary alicyclic amines) is 1. The van der Waals surface area contributed by atoms with Gasteiger partial charge in [-0.3, -0.25) is 9.69 Å². The SMILES string of the molecule is CC(C)(C)c1cc(CC(=O)Nc2ccc(C#Cc3ccc(Cl)c(OCCN4CCCCC4)c3)cc2)no1. The van der Waals surface area contributed by atoms with Gasteiger partial charge in [0.2, 0.25) is 5.91 Å². The molecule has 3 aromatic rings. The van der Waals surface area contributed by atoms with Gasteiger partial charge in [0.25, 0.3) is 0 Å². The monoisotopic (exact) mass is 519 g/mol. The standard InChI is InChI=1S/C30H34ClN3O3/c1-30(2,3)28-20-25(33-37-28)21-29(35)32-24-12-9-22(10-13-24)7-8-23-11-14-26(31)27(19-23)36-18-17-34-15-5-4-6-16-34/h9-14,19-20H,4-6,15-18,21H2,1-3H3,(H,32,35). The van der Waals surface area contributed by atoms with Crippen molar-refractivity contribution in [1.82, 2.24) is 10.1 Å². The number of nitrogens with one attached hydrogen (secondary N) is 1. The molecule has 7 heteroatoms. The van der Waals surface area contributed by atoms with Crippen molar-refractivity contribution in [2.45, 2.75) is 51.9 Å². The van der Waals surface area contributed by atoms with Crippen LogP contribution in [0.2, 0.25) is 5.02 Å². The summed E-state index contributed by atoms with van der Waals surface area (Å²) in [6.07, 6.45) is 4.00. The molecular weight excluding hydrogens is 486 g/mol. The Balaban J connectivity index is 1.30. The van der Waals surface area contributed by atoms with E-state index < -0.39 is 0 Å². The van der Waals surface area contributed by atoms with Crippen molar-refractivity contribution in [2.24, 2.45) is 0 Å². The first-order valence-electron chi connectivity index (χ1n) is 12.8. The molecule has 2 heterocycles. The summed E-state index contributed by atoms with van der Waals surface area (Å²) in [5, 5.41) is 7.49. The summed E-state index contributed by atoms with van der Waals surface area (Å²) >= 11 is 6.34. The minimum atomic E-state index is -0.151. The molecular formula is C30H34ClN3O3. The number of anilines is 1. The molecule has 0 aliphatic carbocycles. The molecule has 1 amide bonds. The van der Waals surface area contributed by atoms with Crippen LogP contribution in [0.4, 0.5) is 5.69 Å². The third-order valence-electron chi connectivity index (χ3n) is 6.20. The van der Waals surface area contributed by atoms with Crippen molar-refractivity contribution < 1.29 is 14.1 Å². The van der Waals surface area contributed by atoms with E-state index in [0.29, 0.717) is 28.8 Å². The molecule has 0 spiro atoms.